The van der Waals surface area contributed by atoms with E-state index >= 15 is 0 Å². The molecule has 1 aromatic carbocycles. The van der Waals surface area contributed by atoms with Crippen LogP contribution in [0.15, 0.2) is 34.6 Å². The maximum atomic E-state index is 12.2. The smallest absolute Gasteiger partial charge is 0.258 e. The molecule has 1 unspecified atom stereocenters. The van der Waals surface area contributed by atoms with E-state index in [9.17, 15) is 4.79 Å². The second-order valence-electron chi connectivity index (χ2n) is 5.04. The zero-order valence-electron chi connectivity index (χ0n) is 11.2. The van der Waals surface area contributed by atoms with Crippen molar-refractivity contribution in [1.29, 1.82) is 0 Å². The molecule has 0 bridgehead atoms. The molecule has 2 aromatic heterocycles. The first-order valence-corrected chi connectivity index (χ1v) is 7.72. The van der Waals surface area contributed by atoms with E-state index in [1.165, 1.54) is 11.3 Å². The van der Waals surface area contributed by atoms with Crippen molar-refractivity contribution in [3.8, 4) is 0 Å². The van der Waals surface area contributed by atoms with E-state index in [2.05, 4.69) is 25.1 Å². The van der Waals surface area contributed by atoms with Gasteiger partial charge in [-0.05, 0) is 25.0 Å². The van der Waals surface area contributed by atoms with Gasteiger partial charge in [-0.2, -0.15) is 0 Å². The molecule has 3 aromatic rings. The number of hydrogen-bond acceptors (Lipinski definition) is 6. The van der Waals surface area contributed by atoms with Crippen LogP contribution in [0.1, 0.15) is 24.7 Å². The van der Waals surface area contributed by atoms with Gasteiger partial charge in [-0.1, -0.05) is 23.5 Å². The molecule has 1 aliphatic rings. The fourth-order valence-corrected chi connectivity index (χ4v) is 3.47. The first-order valence-electron chi connectivity index (χ1n) is 6.85. The highest BCUT2D eigenvalue weighted by Gasteiger charge is 2.30. The maximum absolute atomic E-state index is 12.2. The Hall–Kier alpha value is -2.28. The SMILES string of the molecule is O=c1[nH]c(C2CCCN2c2nncs2)nc2ccccc12. The van der Waals surface area contributed by atoms with E-state index in [4.69, 9.17) is 0 Å². The number of hydrogen-bond donors (Lipinski definition) is 1. The summed E-state index contributed by atoms with van der Waals surface area (Å²) < 4.78 is 0. The zero-order chi connectivity index (χ0) is 14.2. The molecule has 0 spiro atoms. The van der Waals surface area contributed by atoms with Gasteiger partial charge in [-0.3, -0.25) is 4.79 Å². The predicted molar refractivity (Wildman–Crippen MR) is 81.6 cm³/mol. The lowest BCUT2D eigenvalue weighted by Gasteiger charge is -2.22. The van der Waals surface area contributed by atoms with Gasteiger partial charge in [0.2, 0.25) is 5.13 Å². The van der Waals surface area contributed by atoms with Crippen LogP contribution < -0.4 is 10.5 Å². The Balaban J connectivity index is 1.80. The van der Waals surface area contributed by atoms with E-state index in [-0.39, 0.29) is 11.6 Å². The van der Waals surface area contributed by atoms with Gasteiger partial charge in [0.05, 0.1) is 16.9 Å². The van der Waals surface area contributed by atoms with E-state index < -0.39 is 0 Å². The highest BCUT2D eigenvalue weighted by atomic mass is 32.1. The Morgan fingerprint density at radius 1 is 1.33 bits per heavy atom. The van der Waals surface area contributed by atoms with Crippen LogP contribution >= 0.6 is 11.3 Å². The Labute approximate surface area is 124 Å². The molecule has 3 heterocycles. The Morgan fingerprint density at radius 3 is 3.10 bits per heavy atom. The van der Waals surface area contributed by atoms with Crippen molar-refractivity contribution in [1.82, 2.24) is 20.2 Å². The minimum Gasteiger partial charge on any atom is -0.336 e. The summed E-state index contributed by atoms with van der Waals surface area (Å²) in [6, 6.07) is 7.48. The van der Waals surface area contributed by atoms with Gasteiger partial charge < -0.3 is 9.88 Å². The van der Waals surface area contributed by atoms with Crippen LogP contribution in [0.25, 0.3) is 10.9 Å². The summed E-state index contributed by atoms with van der Waals surface area (Å²) in [5.74, 6) is 0.714. The highest BCUT2D eigenvalue weighted by molar-refractivity contribution is 7.13. The van der Waals surface area contributed by atoms with E-state index in [1.807, 2.05) is 18.2 Å². The number of benzene rings is 1. The number of anilines is 1. The van der Waals surface area contributed by atoms with Crippen LogP contribution in [0, 0.1) is 0 Å². The van der Waals surface area contributed by atoms with Gasteiger partial charge in [-0.25, -0.2) is 4.98 Å². The molecule has 0 aliphatic carbocycles. The van der Waals surface area contributed by atoms with E-state index in [1.54, 1.807) is 11.6 Å². The summed E-state index contributed by atoms with van der Waals surface area (Å²) in [6.07, 6.45) is 2.02. The number of aromatic nitrogens is 4. The van der Waals surface area contributed by atoms with Crippen molar-refractivity contribution in [3.63, 3.8) is 0 Å². The van der Waals surface area contributed by atoms with Crippen molar-refractivity contribution in [2.24, 2.45) is 0 Å². The lowest BCUT2D eigenvalue weighted by Crippen LogP contribution is -2.26. The molecular formula is C14H13N5OS. The van der Waals surface area contributed by atoms with Crippen LogP contribution in [-0.2, 0) is 0 Å². The third-order valence-electron chi connectivity index (χ3n) is 3.79. The van der Waals surface area contributed by atoms with Gasteiger partial charge in [0, 0.05) is 6.54 Å². The molecule has 1 N–H and O–H groups in total. The second kappa shape index (κ2) is 4.92. The third kappa shape index (κ3) is 2.09. The van der Waals surface area contributed by atoms with Crippen molar-refractivity contribution < 1.29 is 0 Å². The molecule has 7 heteroatoms. The number of rotatable bonds is 2. The number of H-pyrrole nitrogens is 1. The standard InChI is InChI=1S/C14H13N5OS/c20-13-9-4-1-2-5-10(9)16-12(17-13)11-6-3-7-19(11)14-18-15-8-21-14/h1-2,4-5,8,11H,3,6-7H2,(H,16,17,20). The minimum absolute atomic E-state index is 0.0651. The first-order chi connectivity index (χ1) is 10.3. The molecule has 0 radical (unpaired) electrons. The zero-order valence-corrected chi connectivity index (χ0v) is 12.0. The van der Waals surface area contributed by atoms with Gasteiger partial charge in [0.1, 0.15) is 11.3 Å². The van der Waals surface area contributed by atoms with Crippen molar-refractivity contribution in [2.45, 2.75) is 18.9 Å². The monoisotopic (exact) mass is 299 g/mol. The molecule has 0 amide bonds. The molecule has 1 atom stereocenters. The number of fused-ring (bicyclic) bond motifs is 1. The van der Waals surface area contributed by atoms with Crippen LogP contribution in [-0.4, -0.2) is 26.7 Å². The van der Waals surface area contributed by atoms with Crippen molar-refractivity contribution >= 4 is 27.4 Å². The molecular weight excluding hydrogens is 286 g/mol. The van der Waals surface area contributed by atoms with Gasteiger partial charge in [-0.15, -0.1) is 10.2 Å². The lowest BCUT2D eigenvalue weighted by molar-refractivity contribution is 0.663. The van der Waals surface area contributed by atoms with Crippen LogP contribution in [0.4, 0.5) is 5.13 Å². The number of nitrogens with one attached hydrogen (secondary N) is 1. The molecule has 4 rings (SSSR count). The Morgan fingerprint density at radius 2 is 2.24 bits per heavy atom. The summed E-state index contributed by atoms with van der Waals surface area (Å²) in [5, 5.41) is 9.54. The first kappa shape index (κ1) is 12.5. The number of para-hydroxylation sites is 1. The fourth-order valence-electron chi connectivity index (χ4n) is 2.83. The van der Waals surface area contributed by atoms with Gasteiger partial charge in [0.15, 0.2) is 0 Å². The quantitative estimate of drug-likeness (QED) is 0.784. The minimum atomic E-state index is -0.0836. The van der Waals surface area contributed by atoms with Crippen molar-refractivity contribution in [3.05, 3.63) is 46.0 Å². The van der Waals surface area contributed by atoms with E-state index in [0.29, 0.717) is 11.2 Å². The molecule has 1 aliphatic heterocycles. The Bertz CT molecular complexity index is 829. The summed E-state index contributed by atoms with van der Waals surface area (Å²) in [4.78, 5) is 22.0. The van der Waals surface area contributed by atoms with Crippen molar-refractivity contribution in [2.75, 3.05) is 11.4 Å². The number of aromatic amines is 1. The summed E-state index contributed by atoms with van der Waals surface area (Å²) in [5.41, 5.74) is 2.38. The van der Waals surface area contributed by atoms with Gasteiger partial charge in [0.25, 0.3) is 5.56 Å². The molecule has 6 nitrogen and oxygen atoms in total. The molecule has 1 saturated heterocycles. The maximum Gasteiger partial charge on any atom is 0.258 e. The lowest BCUT2D eigenvalue weighted by atomic mass is 10.2. The molecule has 106 valence electrons. The second-order valence-corrected chi connectivity index (χ2v) is 5.85. The third-order valence-corrected chi connectivity index (χ3v) is 4.52. The van der Waals surface area contributed by atoms with Gasteiger partial charge >= 0.3 is 0 Å². The number of nitrogens with zero attached hydrogens (tertiary/aromatic N) is 4. The van der Waals surface area contributed by atoms with Crippen LogP contribution in [0.5, 0.6) is 0 Å². The average Bonchev–Trinajstić information content (AvgIpc) is 3.18. The molecule has 21 heavy (non-hydrogen) atoms. The van der Waals surface area contributed by atoms with Crippen LogP contribution in [0.2, 0.25) is 0 Å². The highest BCUT2D eigenvalue weighted by Crippen LogP contribution is 2.34. The summed E-state index contributed by atoms with van der Waals surface area (Å²) >= 11 is 1.51. The molecule has 1 fully saturated rings. The topological polar surface area (TPSA) is 74.8 Å². The predicted octanol–water partition coefficient (Wildman–Crippen LogP) is 2.12. The fraction of sp³-hybridized carbons (Fsp3) is 0.286. The van der Waals surface area contributed by atoms with Crippen LogP contribution in [0.3, 0.4) is 0 Å². The van der Waals surface area contributed by atoms with E-state index in [0.717, 1.165) is 30.0 Å². The largest absolute Gasteiger partial charge is 0.336 e. The normalized spacial score (nSPS) is 18.5. The average molecular weight is 299 g/mol. The summed E-state index contributed by atoms with van der Waals surface area (Å²) in [7, 11) is 0. The summed E-state index contributed by atoms with van der Waals surface area (Å²) in [6.45, 7) is 0.913. The Kier molecular flexibility index (Phi) is 2.92. The molecule has 0 saturated carbocycles.